The van der Waals surface area contributed by atoms with E-state index in [2.05, 4.69) is 8.92 Å². The number of benzene rings is 1. The van der Waals surface area contributed by atoms with Gasteiger partial charge in [0.25, 0.3) is 0 Å². The van der Waals surface area contributed by atoms with Crippen molar-refractivity contribution in [2.75, 3.05) is 7.11 Å². The zero-order chi connectivity index (χ0) is 13.3. The van der Waals surface area contributed by atoms with E-state index in [9.17, 15) is 26.0 Å². The Kier molecular flexibility index (Phi) is 3.51. The van der Waals surface area contributed by atoms with Crippen molar-refractivity contribution in [3.8, 4) is 11.5 Å². The van der Waals surface area contributed by atoms with E-state index >= 15 is 0 Å². The lowest BCUT2D eigenvalue weighted by atomic mass is 10.3. The fraction of sp³-hybridized carbons (Fsp3) is 0.250. The minimum atomic E-state index is -5.79. The molecular weight excluding hydrogens is 268 g/mol. The maximum Gasteiger partial charge on any atom is 0.534 e. The molecule has 1 aromatic carbocycles. The van der Waals surface area contributed by atoms with Crippen LogP contribution in [0.25, 0.3) is 0 Å². The number of methoxy groups -OCH3 is 1. The van der Waals surface area contributed by atoms with Gasteiger partial charge in [0.05, 0.1) is 7.11 Å². The molecule has 0 aliphatic heterocycles. The summed E-state index contributed by atoms with van der Waals surface area (Å²) >= 11 is 0. The van der Waals surface area contributed by atoms with Gasteiger partial charge in [-0.05, 0) is 12.1 Å². The fourth-order valence-electron chi connectivity index (χ4n) is 0.873. The molecule has 0 radical (unpaired) electrons. The second-order valence-electron chi connectivity index (χ2n) is 2.78. The molecule has 0 atom stereocenters. The largest absolute Gasteiger partial charge is 0.534 e. The van der Waals surface area contributed by atoms with Crippen LogP contribution in [0, 0.1) is 5.82 Å². The van der Waals surface area contributed by atoms with Crippen molar-refractivity contribution in [3.63, 3.8) is 0 Å². The molecule has 0 unspecified atom stereocenters. The molecule has 1 aromatic rings. The third-order valence-corrected chi connectivity index (χ3v) is 2.59. The predicted molar refractivity (Wildman–Crippen MR) is 48.6 cm³/mol. The van der Waals surface area contributed by atoms with Crippen molar-refractivity contribution >= 4 is 10.1 Å². The molecule has 0 heterocycles. The molecule has 0 fully saturated rings. The Morgan fingerprint density at radius 2 is 1.82 bits per heavy atom. The maximum atomic E-state index is 13.0. The van der Waals surface area contributed by atoms with Gasteiger partial charge in [-0.15, -0.1) is 0 Å². The van der Waals surface area contributed by atoms with Gasteiger partial charge in [0.1, 0.15) is 5.75 Å². The molecule has 9 heteroatoms. The number of alkyl halides is 3. The highest BCUT2D eigenvalue weighted by molar-refractivity contribution is 7.87. The van der Waals surface area contributed by atoms with Crippen molar-refractivity contribution in [2.24, 2.45) is 0 Å². The van der Waals surface area contributed by atoms with Crippen LogP contribution in [-0.4, -0.2) is 21.0 Å². The van der Waals surface area contributed by atoms with E-state index in [4.69, 9.17) is 0 Å². The molecule has 0 spiro atoms. The predicted octanol–water partition coefficient (Wildman–Crippen LogP) is 2.06. The van der Waals surface area contributed by atoms with Crippen LogP contribution in [-0.2, 0) is 10.1 Å². The summed E-state index contributed by atoms with van der Waals surface area (Å²) in [6.07, 6.45) is 0. The van der Waals surface area contributed by atoms with Crippen LogP contribution in [0.5, 0.6) is 11.5 Å². The van der Waals surface area contributed by atoms with Crippen LogP contribution in [0.1, 0.15) is 0 Å². The van der Waals surface area contributed by atoms with E-state index in [0.29, 0.717) is 6.07 Å². The first-order valence-corrected chi connectivity index (χ1v) is 5.42. The van der Waals surface area contributed by atoms with Crippen LogP contribution in [0.3, 0.4) is 0 Å². The lowest BCUT2D eigenvalue weighted by molar-refractivity contribution is -0.0500. The highest BCUT2D eigenvalue weighted by Gasteiger charge is 2.48. The quantitative estimate of drug-likeness (QED) is 0.481. The van der Waals surface area contributed by atoms with E-state index in [1.54, 1.807) is 0 Å². The van der Waals surface area contributed by atoms with Crippen LogP contribution in [0.15, 0.2) is 18.2 Å². The zero-order valence-electron chi connectivity index (χ0n) is 8.29. The second-order valence-corrected chi connectivity index (χ2v) is 4.32. The first-order valence-electron chi connectivity index (χ1n) is 4.01. The molecule has 96 valence electrons. The van der Waals surface area contributed by atoms with Crippen LogP contribution in [0.2, 0.25) is 0 Å². The number of rotatable bonds is 3. The fourth-order valence-corrected chi connectivity index (χ4v) is 1.32. The third kappa shape index (κ3) is 2.99. The first-order chi connectivity index (χ1) is 7.67. The van der Waals surface area contributed by atoms with Crippen LogP contribution in [0.4, 0.5) is 17.6 Å². The van der Waals surface area contributed by atoms with E-state index < -0.39 is 27.2 Å². The molecule has 0 bridgehead atoms. The molecule has 0 aliphatic rings. The minimum Gasteiger partial charge on any atom is -0.494 e. The lowest BCUT2D eigenvalue weighted by Gasteiger charge is -2.10. The molecule has 4 nitrogen and oxygen atoms in total. The normalized spacial score (nSPS) is 12.3. The number of hydrogen-bond donors (Lipinski definition) is 0. The first kappa shape index (κ1) is 13.6. The van der Waals surface area contributed by atoms with Gasteiger partial charge < -0.3 is 8.92 Å². The SMILES string of the molecule is COc1ccc(OS(=O)(=O)C(F)(F)F)cc1F. The topological polar surface area (TPSA) is 52.6 Å². The highest BCUT2D eigenvalue weighted by atomic mass is 32.2. The van der Waals surface area contributed by atoms with Crippen molar-refractivity contribution in [3.05, 3.63) is 24.0 Å². The van der Waals surface area contributed by atoms with Gasteiger partial charge in [-0.3, -0.25) is 0 Å². The Bertz CT molecular complexity index is 509. The van der Waals surface area contributed by atoms with Crippen LogP contribution < -0.4 is 8.92 Å². The van der Waals surface area contributed by atoms with E-state index in [-0.39, 0.29) is 5.75 Å². The summed E-state index contributed by atoms with van der Waals surface area (Å²) in [7, 11) is -4.65. The Labute approximate surface area is 93.9 Å². The van der Waals surface area contributed by atoms with Gasteiger partial charge in [0, 0.05) is 6.07 Å². The minimum absolute atomic E-state index is 0.248. The van der Waals surface area contributed by atoms with Gasteiger partial charge in [0.2, 0.25) is 0 Å². The van der Waals surface area contributed by atoms with E-state index in [0.717, 1.165) is 19.2 Å². The monoisotopic (exact) mass is 274 g/mol. The average Bonchev–Trinajstić information content (AvgIpc) is 2.15. The van der Waals surface area contributed by atoms with Gasteiger partial charge in [-0.25, -0.2) is 4.39 Å². The van der Waals surface area contributed by atoms with Crippen molar-refractivity contribution < 1.29 is 34.9 Å². The van der Waals surface area contributed by atoms with Crippen molar-refractivity contribution in [2.45, 2.75) is 5.51 Å². The van der Waals surface area contributed by atoms with Crippen molar-refractivity contribution in [1.82, 2.24) is 0 Å². The highest BCUT2D eigenvalue weighted by Crippen LogP contribution is 2.29. The summed E-state index contributed by atoms with van der Waals surface area (Å²) in [5, 5.41) is 0. The summed E-state index contributed by atoms with van der Waals surface area (Å²) in [5.74, 6) is -2.08. The smallest absolute Gasteiger partial charge is 0.494 e. The van der Waals surface area contributed by atoms with Gasteiger partial charge in [-0.2, -0.15) is 21.6 Å². The Morgan fingerprint density at radius 3 is 2.24 bits per heavy atom. The summed E-state index contributed by atoms with van der Waals surface area (Å²) < 4.78 is 78.2. The molecule has 0 saturated heterocycles. The van der Waals surface area contributed by atoms with E-state index in [1.165, 1.54) is 0 Å². The Hall–Kier alpha value is -1.51. The Morgan fingerprint density at radius 1 is 1.24 bits per heavy atom. The summed E-state index contributed by atoms with van der Waals surface area (Å²) in [4.78, 5) is 0. The summed E-state index contributed by atoms with van der Waals surface area (Å²) in [5.41, 5.74) is -5.57. The lowest BCUT2D eigenvalue weighted by Crippen LogP contribution is -2.28. The molecule has 1 rings (SSSR count). The maximum absolute atomic E-state index is 13.0. The molecule has 0 saturated carbocycles. The molecular formula is C8H6F4O4S. The van der Waals surface area contributed by atoms with E-state index in [1.807, 2.05) is 0 Å². The average molecular weight is 274 g/mol. The molecule has 0 aliphatic carbocycles. The number of ether oxygens (including phenoxy) is 1. The second kappa shape index (κ2) is 4.40. The third-order valence-electron chi connectivity index (χ3n) is 1.61. The van der Waals surface area contributed by atoms with Gasteiger partial charge >= 0.3 is 15.6 Å². The summed E-state index contributed by atoms with van der Waals surface area (Å²) in [6, 6.07) is 2.25. The Balaban J connectivity index is 3.02. The van der Waals surface area contributed by atoms with Crippen molar-refractivity contribution in [1.29, 1.82) is 0 Å². The molecule has 0 amide bonds. The number of hydrogen-bond acceptors (Lipinski definition) is 4. The van der Waals surface area contributed by atoms with Crippen LogP contribution >= 0.6 is 0 Å². The zero-order valence-corrected chi connectivity index (χ0v) is 9.10. The standard InChI is InChI=1S/C8H6F4O4S/c1-15-7-3-2-5(4-6(7)9)16-17(13,14)8(10,11)12/h2-4H,1H3. The number of halogens is 4. The molecule has 17 heavy (non-hydrogen) atoms. The summed E-state index contributed by atoms with van der Waals surface area (Å²) in [6.45, 7) is 0. The van der Waals surface area contributed by atoms with Gasteiger partial charge in [0.15, 0.2) is 11.6 Å². The molecule has 0 aromatic heterocycles. The van der Waals surface area contributed by atoms with Gasteiger partial charge in [-0.1, -0.05) is 0 Å². The molecule has 0 N–H and O–H groups in total.